The molecule has 8 nitrogen and oxygen atoms in total. The molecule has 1 heterocycles. The van der Waals surface area contributed by atoms with Crippen molar-refractivity contribution in [2.24, 2.45) is 0 Å². The summed E-state index contributed by atoms with van der Waals surface area (Å²) in [4.78, 5) is 23.5. The molecule has 1 fully saturated rings. The van der Waals surface area contributed by atoms with Crippen LogP contribution in [0.2, 0.25) is 0 Å². The molecule has 0 unspecified atom stereocenters. The molecular weight excluding hydrogens is 452 g/mol. The van der Waals surface area contributed by atoms with Crippen LogP contribution in [0.3, 0.4) is 0 Å². The minimum absolute atomic E-state index is 0.339. The number of esters is 2. The van der Waals surface area contributed by atoms with Gasteiger partial charge in [-0.1, -0.05) is 0 Å². The average Bonchev–Trinajstić information content (AvgIpc) is 3.34. The third-order valence-electron chi connectivity index (χ3n) is 5.49. The van der Waals surface area contributed by atoms with Crippen molar-refractivity contribution in [1.29, 1.82) is 0 Å². The zero-order chi connectivity index (χ0) is 24.9. The topological polar surface area (TPSA) is 89.5 Å². The number of carbonyl (C=O) groups is 2. The molecule has 0 bridgehead atoms. The summed E-state index contributed by atoms with van der Waals surface area (Å²) in [7, 11) is 0. The molecule has 0 spiro atoms. The molecule has 3 rings (SSSR count). The fraction of sp³-hybridized carbons (Fsp3) is 0.481. The van der Waals surface area contributed by atoms with Gasteiger partial charge in [0.2, 0.25) is 0 Å². The van der Waals surface area contributed by atoms with Gasteiger partial charge in [-0.15, -0.1) is 0 Å². The predicted molar refractivity (Wildman–Crippen MR) is 129 cm³/mol. The largest absolute Gasteiger partial charge is 0.494 e. The van der Waals surface area contributed by atoms with Crippen LogP contribution >= 0.6 is 0 Å². The van der Waals surface area contributed by atoms with Crippen LogP contribution in [0.1, 0.15) is 60.2 Å². The summed E-state index contributed by atoms with van der Waals surface area (Å²) in [6.07, 6.45) is 2.94. The summed E-state index contributed by atoms with van der Waals surface area (Å²) < 4.78 is 33.5. The maximum atomic E-state index is 11.7. The van der Waals surface area contributed by atoms with Gasteiger partial charge in [-0.2, -0.15) is 0 Å². The van der Waals surface area contributed by atoms with E-state index in [9.17, 15) is 9.59 Å². The van der Waals surface area contributed by atoms with Crippen molar-refractivity contribution in [2.45, 2.75) is 45.3 Å². The average molecular weight is 487 g/mol. The summed E-state index contributed by atoms with van der Waals surface area (Å²) in [6, 6.07) is 13.8. The van der Waals surface area contributed by atoms with Gasteiger partial charge in [0.05, 0.1) is 50.8 Å². The van der Waals surface area contributed by atoms with Crippen LogP contribution < -0.4 is 9.47 Å². The van der Waals surface area contributed by atoms with Crippen molar-refractivity contribution in [1.82, 2.24) is 0 Å². The van der Waals surface area contributed by atoms with E-state index in [1.54, 1.807) is 62.4 Å². The maximum Gasteiger partial charge on any atom is 0.338 e. The van der Waals surface area contributed by atoms with Gasteiger partial charge in [-0.05, 0) is 75.2 Å². The lowest BCUT2D eigenvalue weighted by Crippen LogP contribution is -2.31. The molecule has 35 heavy (non-hydrogen) atoms. The molecule has 0 saturated carbocycles. The SMILES string of the molecule is CCOC(=O)c1ccc(OCCCC2(CCCOc3ccc(C(=O)OCC)cc3)OCCO2)cc1. The maximum absolute atomic E-state index is 11.7. The molecule has 1 aliphatic rings. The monoisotopic (exact) mass is 486 g/mol. The van der Waals surface area contributed by atoms with Crippen molar-refractivity contribution in [3.8, 4) is 11.5 Å². The van der Waals surface area contributed by atoms with E-state index in [1.165, 1.54) is 0 Å². The number of ether oxygens (including phenoxy) is 6. The summed E-state index contributed by atoms with van der Waals surface area (Å²) in [6.45, 7) is 6.42. The quantitative estimate of drug-likeness (QED) is 0.278. The van der Waals surface area contributed by atoms with Gasteiger partial charge in [0.25, 0.3) is 0 Å². The third kappa shape index (κ3) is 8.26. The van der Waals surface area contributed by atoms with Gasteiger partial charge in [-0.3, -0.25) is 0 Å². The molecule has 0 atom stereocenters. The molecule has 0 N–H and O–H groups in total. The van der Waals surface area contributed by atoms with E-state index in [2.05, 4.69) is 0 Å². The molecule has 8 heteroatoms. The molecule has 0 aliphatic carbocycles. The fourth-order valence-corrected chi connectivity index (χ4v) is 3.78. The first-order valence-corrected chi connectivity index (χ1v) is 12.1. The van der Waals surface area contributed by atoms with Crippen LogP contribution in [-0.4, -0.2) is 57.4 Å². The smallest absolute Gasteiger partial charge is 0.338 e. The van der Waals surface area contributed by atoms with Gasteiger partial charge in [0.15, 0.2) is 5.79 Å². The number of hydrogen-bond donors (Lipinski definition) is 0. The van der Waals surface area contributed by atoms with Crippen molar-refractivity contribution in [3.63, 3.8) is 0 Å². The van der Waals surface area contributed by atoms with Crippen LogP contribution in [0.5, 0.6) is 11.5 Å². The van der Waals surface area contributed by atoms with E-state index < -0.39 is 5.79 Å². The Hall–Kier alpha value is -3.10. The van der Waals surface area contributed by atoms with Crippen LogP contribution in [0.4, 0.5) is 0 Å². The number of hydrogen-bond acceptors (Lipinski definition) is 8. The Labute approximate surface area is 206 Å². The van der Waals surface area contributed by atoms with Crippen molar-refractivity contribution >= 4 is 11.9 Å². The minimum Gasteiger partial charge on any atom is -0.494 e. The molecule has 2 aromatic rings. The van der Waals surface area contributed by atoms with Crippen molar-refractivity contribution in [2.75, 3.05) is 39.6 Å². The second kappa shape index (κ2) is 13.7. The molecule has 1 saturated heterocycles. The van der Waals surface area contributed by atoms with Gasteiger partial charge in [0, 0.05) is 12.8 Å². The summed E-state index contributed by atoms with van der Waals surface area (Å²) in [5.41, 5.74) is 1.01. The minimum atomic E-state index is -0.617. The molecule has 1 aliphatic heterocycles. The van der Waals surface area contributed by atoms with Crippen molar-refractivity contribution < 1.29 is 38.0 Å². The number of carbonyl (C=O) groups excluding carboxylic acids is 2. The second-order valence-corrected chi connectivity index (χ2v) is 8.00. The van der Waals surface area contributed by atoms with E-state index in [1.807, 2.05) is 0 Å². The van der Waals surface area contributed by atoms with Gasteiger partial charge in [-0.25, -0.2) is 9.59 Å². The van der Waals surface area contributed by atoms with E-state index >= 15 is 0 Å². The Bertz CT molecular complexity index is 846. The van der Waals surface area contributed by atoms with Gasteiger partial charge < -0.3 is 28.4 Å². The van der Waals surface area contributed by atoms with Crippen LogP contribution in [0, 0.1) is 0 Å². The van der Waals surface area contributed by atoms with Crippen LogP contribution in [-0.2, 0) is 18.9 Å². The second-order valence-electron chi connectivity index (χ2n) is 8.00. The Morgan fingerprint density at radius 1 is 0.714 bits per heavy atom. The first kappa shape index (κ1) is 26.5. The molecule has 2 aromatic carbocycles. The molecular formula is C27H34O8. The summed E-state index contributed by atoms with van der Waals surface area (Å²) in [5.74, 6) is 0.0997. The lowest BCUT2D eigenvalue weighted by atomic mass is 10.0. The van der Waals surface area contributed by atoms with Gasteiger partial charge >= 0.3 is 11.9 Å². The number of benzene rings is 2. The van der Waals surface area contributed by atoms with Crippen molar-refractivity contribution in [3.05, 3.63) is 59.7 Å². The fourth-order valence-electron chi connectivity index (χ4n) is 3.78. The Morgan fingerprint density at radius 3 is 1.49 bits per heavy atom. The standard InChI is InChI=1S/C27H34O8/c1-3-30-25(28)21-7-11-23(12-8-21)32-17-5-15-27(34-19-20-35-27)16-6-18-33-24-13-9-22(10-14-24)26(29)31-4-2/h7-14H,3-6,15-20H2,1-2H3. The zero-order valence-electron chi connectivity index (χ0n) is 20.5. The first-order valence-electron chi connectivity index (χ1n) is 12.1. The first-order chi connectivity index (χ1) is 17.0. The highest BCUT2D eigenvalue weighted by atomic mass is 16.7. The highest BCUT2D eigenvalue weighted by Gasteiger charge is 2.35. The summed E-state index contributed by atoms with van der Waals surface area (Å²) in [5, 5.41) is 0. The Morgan fingerprint density at radius 2 is 1.11 bits per heavy atom. The Balaban J connectivity index is 1.37. The predicted octanol–water partition coefficient (Wildman–Crippen LogP) is 4.80. The van der Waals surface area contributed by atoms with Crippen LogP contribution in [0.25, 0.3) is 0 Å². The summed E-state index contributed by atoms with van der Waals surface area (Å²) >= 11 is 0. The van der Waals surface area contributed by atoms with E-state index in [0.717, 1.165) is 12.8 Å². The van der Waals surface area contributed by atoms with Crippen LogP contribution in [0.15, 0.2) is 48.5 Å². The molecule has 0 amide bonds. The highest BCUT2D eigenvalue weighted by Crippen LogP contribution is 2.30. The lowest BCUT2D eigenvalue weighted by Gasteiger charge is -2.27. The Kier molecular flexibility index (Phi) is 10.4. The molecule has 0 radical (unpaired) electrons. The molecule has 190 valence electrons. The highest BCUT2D eigenvalue weighted by molar-refractivity contribution is 5.89. The third-order valence-corrected chi connectivity index (χ3v) is 5.49. The zero-order valence-corrected chi connectivity index (χ0v) is 20.5. The van der Waals surface area contributed by atoms with Gasteiger partial charge in [0.1, 0.15) is 11.5 Å². The lowest BCUT2D eigenvalue weighted by molar-refractivity contribution is -0.170. The van der Waals surface area contributed by atoms with E-state index in [0.29, 0.717) is 75.1 Å². The normalized spacial score (nSPS) is 14.3. The van der Waals surface area contributed by atoms with E-state index in [-0.39, 0.29) is 11.9 Å². The van der Waals surface area contributed by atoms with E-state index in [4.69, 9.17) is 28.4 Å². The number of rotatable bonds is 14. The molecule has 0 aromatic heterocycles.